The zero-order valence-electron chi connectivity index (χ0n) is 19.2. The van der Waals surface area contributed by atoms with E-state index >= 15 is 0 Å². The van der Waals surface area contributed by atoms with Crippen molar-refractivity contribution in [3.05, 3.63) is 87.6 Å². The molecule has 1 aliphatic carbocycles. The third-order valence-electron chi connectivity index (χ3n) is 5.68. The van der Waals surface area contributed by atoms with Crippen LogP contribution in [0.1, 0.15) is 59.1 Å². The van der Waals surface area contributed by atoms with Gasteiger partial charge in [0.25, 0.3) is 0 Å². The summed E-state index contributed by atoms with van der Waals surface area (Å²) >= 11 is 6.07. The molecule has 0 fully saturated rings. The second-order valence-corrected chi connectivity index (χ2v) is 8.41. The number of allylic oxidation sites excluding steroid dienone is 2. The standard InChI is InChI=1S/C26H21ClF4N2O3/c1-2-35-25(34)23-11-5-10-22(33-23)17-7-3-6-16(17)18-12-15(26(29,30)31)13-32-24(18)36-14-19-20(27)8-4-9-21(19)28/h4-5,8-13H,2-3,6-7,14H2,1H3. The number of hydrogen-bond donors (Lipinski definition) is 0. The van der Waals surface area contributed by atoms with Gasteiger partial charge in [0.2, 0.25) is 5.88 Å². The summed E-state index contributed by atoms with van der Waals surface area (Å²) < 4.78 is 65.6. The quantitative estimate of drug-likeness (QED) is 0.245. The first kappa shape index (κ1) is 25.6. The maximum Gasteiger partial charge on any atom is 0.417 e. The smallest absolute Gasteiger partial charge is 0.417 e. The lowest BCUT2D eigenvalue weighted by atomic mass is 9.99. The fourth-order valence-electron chi connectivity index (χ4n) is 3.99. The van der Waals surface area contributed by atoms with Crippen LogP contribution in [-0.4, -0.2) is 22.5 Å². The lowest BCUT2D eigenvalue weighted by Gasteiger charge is -2.16. The van der Waals surface area contributed by atoms with Crippen molar-refractivity contribution in [2.45, 2.75) is 39.0 Å². The Balaban J connectivity index is 1.78. The Labute approximate surface area is 209 Å². The van der Waals surface area contributed by atoms with Gasteiger partial charge < -0.3 is 9.47 Å². The first-order valence-electron chi connectivity index (χ1n) is 11.2. The molecular formula is C26H21ClF4N2O3. The van der Waals surface area contributed by atoms with Crippen molar-refractivity contribution in [3.63, 3.8) is 0 Å². The van der Waals surface area contributed by atoms with Crippen molar-refractivity contribution in [2.75, 3.05) is 6.61 Å². The molecule has 5 nitrogen and oxygen atoms in total. The van der Waals surface area contributed by atoms with Crippen molar-refractivity contribution in [1.82, 2.24) is 9.97 Å². The minimum Gasteiger partial charge on any atom is -0.472 e. The van der Waals surface area contributed by atoms with Gasteiger partial charge >= 0.3 is 12.1 Å². The normalized spacial score (nSPS) is 13.7. The highest BCUT2D eigenvalue weighted by atomic mass is 35.5. The van der Waals surface area contributed by atoms with Crippen molar-refractivity contribution in [2.24, 2.45) is 0 Å². The van der Waals surface area contributed by atoms with E-state index in [-0.39, 0.29) is 40.9 Å². The third kappa shape index (κ3) is 5.51. The van der Waals surface area contributed by atoms with Gasteiger partial charge in [-0.25, -0.2) is 19.2 Å². The number of ether oxygens (including phenoxy) is 2. The number of hydrogen-bond acceptors (Lipinski definition) is 5. The average Bonchev–Trinajstić information content (AvgIpc) is 3.33. The van der Waals surface area contributed by atoms with E-state index in [4.69, 9.17) is 21.1 Å². The van der Waals surface area contributed by atoms with Gasteiger partial charge in [-0.3, -0.25) is 0 Å². The number of rotatable bonds is 7. The van der Waals surface area contributed by atoms with Crippen molar-refractivity contribution in [1.29, 1.82) is 0 Å². The molecule has 36 heavy (non-hydrogen) atoms. The fraction of sp³-hybridized carbons (Fsp3) is 0.269. The Morgan fingerprint density at radius 1 is 1.11 bits per heavy atom. The number of carbonyl (C=O) groups excluding carboxylic acids is 1. The summed E-state index contributed by atoms with van der Waals surface area (Å²) in [5, 5.41) is 0.129. The van der Waals surface area contributed by atoms with E-state index < -0.39 is 23.5 Å². The molecule has 0 unspecified atom stereocenters. The number of carbonyl (C=O) groups is 1. The van der Waals surface area contributed by atoms with Crippen LogP contribution in [0.15, 0.2) is 48.7 Å². The number of esters is 1. The minimum absolute atomic E-state index is 0.0660. The molecule has 0 aliphatic heterocycles. The molecule has 0 N–H and O–H groups in total. The zero-order valence-corrected chi connectivity index (χ0v) is 19.9. The lowest BCUT2D eigenvalue weighted by Crippen LogP contribution is -2.10. The van der Waals surface area contributed by atoms with Gasteiger partial charge in [-0.05, 0) is 67.7 Å². The van der Waals surface area contributed by atoms with Gasteiger partial charge in [0.05, 0.1) is 22.9 Å². The molecule has 3 aromatic rings. The van der Waals surface area contributed by atoms with Crippen molar-refractivity contribution in [3.8, 4) is 5.88 Å². The Morgan fingerprint density at radius 3 is 2.58 bits per heavy atom. The highest BCUT2D eigenvalue weighted by molar-refractivity contribution is 6.31. The van der Waals surface area contributed by atoms with E-state index in [9.17, 15) is 22.4 Å². The maximum absolute atomic E-state index is 14.2. The van der Waals surface area contributed by atoms with Crippen LogP contribution < -0.4 is 4.74 Å². The molecule has 0 saturated heterocycles. The predicted molar refractivity (Wildman–Crippen MR) is 126 cm³/mol. The van der Waals surface area contributed by atoms with Crippen molar-refractivity contribution >= 4 is 28.7 Å². The largest absolute Gasteiger partial charge is 0.472 e. The van der Waals surface area contributed by atoms with Crippen LogP contribution in [0.25, 0.3) is 11.1 Å². The molecule has 4 rings (SSSR count). The molecule has 0 atom stereocenters. The summed E-state index contributed by atoms with van der Waals surface area (Å²) in [7, 11) is 0. The molecule has 0 amide bonds. The van der Waals surface area contributed by atoms with Gasteiger partial charge in [-0.1, -0.05) is 23.7 Å². The van der Waals surface area contributed by atoms with Crippen LogP contribution in [0.5, 0.6) is 5.88 Å². The number of nitrogens with zero attached hydrogens (tertiary/aromatic N) is 2. The summed E-state index contributed by atoms with van der Waals surface area (Å²) in [6, 6.07) is 9.95. The summed E-state index contributed by atoms with van der Waals surface area (Å²) in [4.78, 5) is 20.5. The van der Waals surface area contributed by atoms with Crippen LogP contribution in [0.4, 0.5) is 17.6 Å². The van der Waals surface area contributed by atoms with E-state index in [2.05, 4.69) is 9.97 Å². The Bertz CT molecular complexity index is 1300. The number of alkyl halides is 3. The van der Waals surface area contributed by atoms with Gasteiger partial charge in [0.1, 0.15) is 18.1 Å². The molecule has 0 radical (unpaired) electrons. The van der Waals surface area contributed by atoms with Gasteiger partial charge in [-0.15, -0.1) is 0 Å². The van der Waals surface area contributed by atoms with Gasteiger partial charge in [0.15, 0.2) is 0 Å². The van der Waals surface area contributed by atoms with Gasteiger partial charge in [-0.2, -0.15) is 13.2 Å². The molecule has 1 aromatic carbocycles. The molecular weight excluding hydrogens is 500 g/mol. The molecule has 188 valence electrons. The van der Waals surface area contributed by atoms with E-state index in [1.807, 2.05) is 0 Å². The summed E-state index contributed by atoms with van der Waals surface area (Å²) in [5.74, 6) is -1.28. The van der Waals surface area contributed by atoms with Crippen LogP contribution in [0.2, 0.25) is 5.02 Å². The summed E-state index contributed by atoms with van der Waals surface area (Å²) in [6.07, 6.45) is -2.32. The van der Waals surface area contributed by atoms with Crippen LogP contribution in [0.3, 0.4) is 0 Å². The molecule has 0 spiro atoms. The fourth-order valence-corrected chi connectivity index (χ4v) is 4.21. The molecule has 0 saturated carbocycles. The molecule has 2 aromatic heterocycles. The Hall–Kier alpha value is -3.46. The number of aromatic nitrogens is 2. The Kier molecular flexibility index (Phi) is 7.59. The first-order chi connectivity index (χ1) is 17.2. The third-order valence-corrected chi connectivity index (χ3v) is 6.03. The monoisotopic (exact) mass is 520 g/mol. The number of pyridine rings is 2. The number of benzene rings is 1. The minimum atomic E-state index is -4.63. The molecule has 2 heterocycles. The maximum atomic E-state index is 14.2. The van der Waals surface area contributed by atoms with E-state index in [1.54, 1.807) is 19.1 Å². The molecule has 1 aliphatic rings. The first-order valence-corrected chi connectivity index (χ1v) is 11.6. The van der Waals surface area contributed by atoms with Crippen LogP contribution >= 0.6 is 11.6 Å². The van der Waals surface area contributed by atoms with E-state index in [1.165, 1.54) is 24.3 Å². The molecule has 0 bridgehead atoms. The van der Waals surface area contributed by atoms with Crippen molar-refractivity contribution < 1.29 is 31.8 Å². The van der Waals surface area contributed by atoms with Crippen LogP contribution in [0, 0.1) is 5.82 Å². The highest BCUT2D eigenvalue weighted by Gasteiger charge is 2.33. The second kappa shape index (κ2) is 10.7. The van der Waals surface area contributed by atoms with E-state index in [0.717, 1.165) is 6.07 Å². The summed E-state index contributed by atoms with van der Waals surface area (Å²) in [6.45, 7) is 1.54. The zero-order chi connectivity index (χ0) is 25.9. The highest BCUT2D eigenvalue weighted by Crippen LogP contribution is 2.43. The lowest BCUT2D eigenvalue weighted by molar-refractivity contribution is -0.137. The van der Waals surface area contributed by atoms with Crippen LogP contribution in [-0.2, 0) is 17.5 Å². The second-order valence-electron chi connectivity index (χ2n) is 8.00. The van der Waals surface area contributed by atoms with Gasteiger partial charge in [0, 0.05) is 17.3 Å². The number of halogens is 5. The average molecular weight is 521 g/mol. The Morgan fingerprint density at radius 2 is 1.86 bits per heavy atom. The van der Waals surface area contributed by atoms with E-state index in [0.29, 0.717) is 42.3 Å². The SMILES string of the molecule is CCOC(=O)c1cccc(C2=C(c3cc(C(F)(F)F)cnc3OCc3c(F)cccc3Cl)CCC2)n1. The predicted octanol–water partition coefficient (Wildman–Crippen LogP) is 7.14. The topological polar surface area (TPSA) is 61.3 Å². The summed E-state index contributed by atoms with van der Waals surface area (Å²) in [5.41, 5.74) is 1.05. The molecule has 10 heteroatoms.